The first kappa shape index (κ1) is 12.5. The van der Waals surface area contributed by atoms with Crippen LogP contribution in [0.5, 0.6) is 0 Å². The molecule has 1 aromatic carbocycles. The lowest BCUT2D eigenvalue weighted by Crippen LogP contribution is -2.22. The zero-order chi connectivity index (χ0) is 12.0. The lowest BCUT2D eigenvalue weighted by molar-refractivity contribution is 0.402. The highest BCUT2D eigenvalue weighted by Crippen LogP contribution is 2.11. The number of nitrogens with two attached hydrogens (primary N) is 1. The van der Waals surface area contributed by atoms with Gasteiger partial charge >= 0.3 is 0 Å². The van der Waals surface area contributed by atoms with Crippen molar-refractivity contribution in [2.45, 2.75) is 13.5 Å². The SMILES string of the molecule is CCN=C(N)Nc1cccc(CN(C)C)c1. The van der Waals surface area contributed by atoms with Crippen molar-refractivity contribution in [3.63, 3.8) is 0 Å². The summed E-state index contributed by atoms with van der Waals surface area (Å²) in [5.41, 5.74) is 7.93. The summed E-state index contributed by atoms with van der Waals surface area (Å²) in [4.78, 5) is 6.21. The number of rotatable bonds is 4. The molecule has 4 heteroatoms. The number of benzene rings is 1. The van der Waals surface area contributed by atoms with Crippen molar-refractivity contribution in [1.82, 2.24) is 4.90 Å². The Morgan fingerprint density at radius 3 is 2.81 bits per heavy atom. The van der Waals surface area contributed by atoms with E-state index >= 15 is 0 Å². The molecule has 0 fully saturated rings. The van der Waals surface area contributed by atoms with Crippen LogP contribution in [-0.4, -0.2) is 31.5 Å². The second kappa shape index (κ2) is 6.12. The van der Waals surface area contributed by atoms with Crippen LogP contribution in [0, 0.1) is 0 Å². The minimum absolute atomic E-state index is 0.463. The molecule has 1 rings (SSSR count). The van der Waals surface area contributed by atoms with Gasteiger partial charge in [0.15, 0.2) is 5.96 Å². The van der Waals surface area contributed by atoms with Crippen molar-refractivity contribution in [3.05, 3.63) is 29.8 Å². The molecule has 0 saturated carbocycles. The van der Waals surface area contributed by atoms with Gasteiger partial charge in [0.1, 0.15) is 0 Å². The smallest absolute Gasteiger partial charge is 0.193 e. The highest BCUT2D eigenvalue weighted by molar-refractivity contribution is 5.92. The van der Waals surface area contributed by atoms with Crippen molar-refractivity contribution >= 4 is 11.6 Å². The predicted molar refractivity (Wildman–Crippen MR) is 69.6 cm³/mol. The van der Waals surface area contributed by atoms with Gasteiger partial charge in [0.05, 0.1) is 0 Å². The summed E-state index contributed by atoms with van der Waals surface area (Å²) in [6.45, 7) is 3.56. The molecule has 0 saturated heterocycles. The largest absolute Gasteiger partial charge is 0.370 e. The van der Waals surface area contributed by atoms with Crippen molar-refractivity contribution in [2.24, 2.45) is 10.7 Å². The van der Waals surface area contributed by atoms with E-state index in [2.05, 4.69) is 27.3 Å². The van der Waals surface area contributed by atoms with Gasteiger partial charge in [0, 0.05) is 18.8 Å². The predicted octanol–water partition coefficient (Wildman–Crippen LogP) is 1.49. The normalized spacial score (nSPS) is 11.9. The molecular formula is C12H20N4. The van der Waals surface area contributed by atoms with Gasteiger partial charge in [-0.1, -0.05) is 12.1 Å². The molecule has 0 bridgehead atoms. The minimum atomic E-state index is 0.463. The second-order valence-corrected chi connectivity index (χ2v) is 3.92. The zero-order valence-electron chi connectivity index (χ0n) is 10.2. The summed E-state index contributed by atoms with van der Waals surface area (Å²) in [7, 11) is 4.10. The molecule has 0 aliphatic heterocycles. The van der Waals surface area contributed by atoms with Crippen LogP contribution < -0.4 is 11.1 Å². The lowest BCUT2D eigenvalue weighted by atomic mass is 10.2. The zero-order valence-corrected chi connectivity index (χ0v) is 10.2. The number of nitrogens with one attached hydrogen (secondary N) is 1. The van der Waals surface area contributed by atoms with E-state index in [0.29, 0.717) is 12.5 Å². The Balaban J connectivity index is 2.70. The third kappa shape index (κ3) is 4.31. The van der Waals surface area contributed by atoms with Crippen LogP contribution in [0.25, 0.3) is 0 Å². The van der Waals surface area contributed by atoms with Crippen LogP contribution in [-0.2, 0) is 6.54 Å². The van der Waals surface area contributed by atoms with E-state index in [1.54, 1.807) is 0 Å². The highest BCUT2D eigenvalue weighted by Gasteiger charge is 1.98. The Morgan fingerprint density at radius 1 is 1.44 bits per heavy atom. The molecule has 16 heavy (non-hydrogen) atoms. The summed E-state index contributed by atoms with van der Waals surface area (Å²) in [5, 5.41) is 3.07. The highest BCUT2D eigenvalue weighted by atomic mass is 15.1. The fraction of sp³-hybridized carbons (Fsp3) is 0.417. The van der Waals surface area contributed by atoms with E-state index in [4.69, 9.17) is 5.73 Å². The molecule has 0 unspecified atom stereocenters. The third-order valence-corrected chi connectivity index (χ3v) is 2.03. The summed E-state index contributed by atoms with van der Waals surface area (Å²) in [6.07, 6.45) is 0. The Bertz CT molecular complexity index is 358. The Labute approximate surface area is 97.2 Å². The van der Waals surface area contributed by atoms with Crippen molar-refractivity contribution in [1.29, 1.82) is 0 Å². The summed E-state index contributed by atoms with van der Waals surface area (Å²) >= 11 is 0. The Hall–Kier alpha value is -1.55. The molecule has 0 aliphatic carbocycles. The van der Waals surface area contributed by atoms with Gasteiger partial charge in [-0.05, 0) is 38.7 Å². The van der Waals surface area contributed by atoms with Crippen molar-refractivity contribution < 1.29 is 0 Å². The van der Waals surface area contributed by atoms with Gasteiger partial charge < -0.3 is 16.0 Å². The number of guanidine groups is 1. The number of hydrogen-bond acceptors (Lipinski definition) is 2. The molecule has 0 radical (unpaired) electrons. The van der Waals surface area contributed by atoms with Gasteiger partial charge in [0.2, 0.25) is 0 Å². The third-order valence-electron chi connectivity index (χ3n) is 2.03. The van der Waals surface area contributed by atoms with Gasteiger partial charge in [0.25, 0.3) is 0 Å². The topological polar surface area (TPSA) is 53.6 Å². The number of nitrogens with zero attached hydrogens (tertiary/aromatic N) is 2. The molecule has 0 aliphatic rings. The maximum absolute atomic E-state index is 5.70. The monoisotopic (exact) mass is 220 g/mol. The molecule has 1 aromatic rings. The van der Waals surface area contributed by atoms with E-state index < -0.39 is 0 Å². The number of aliphatic imine (C=N–C) groups is 1. The first-order valence-corrected chi connectivity index (χ1v) is 5.42. The van der Waals surface area contributed by atoms with Crippen LogP contribution >= 0.6 is 0 Å². The molecule has 3 N–H and O–H groups in total. The van der Waals surface area contributed by atoms with E-state index in [1.807, 2.05) is 33.2 Å². The summed E-state index contributed by atoms with van der Waals surface area (Å²) in [5.74, 6) is 0.463. The minimum Gasteiger partial charge on any atom is -0.370 e. The van der Waals surface area contributed by atoms with Crippen molar-refractivity contribution in [3.8, 4) is 0 Å². The lowest BCUT2D eigenvalue weighted by Gasteiger charge is -2.11. The van der Waals surface area contributed by atoms with E-state index in [-0.39, 0.29) is 0 Å². The maximum atomic E-state index is 5.70. The van der Waals surface area contributed by atoms with Crippen LogP contribution in [0.3, 0.4) is 0 Å². The first-order valence-electron chi connectivity index (χ1n) is 5.42. The van der Waals surface area contributed by atoms with Crippen LogP contribution in [0.15, 0.2) is 29.3 Å². The van der Waals surface area contributed by atoms with Gasteiger partial charge in [-0.3, -0.25) is 4.99 Å². The van der Waals surface area contributed by atoms with Crippen molar-refractivity contribution in [2.75, 3.05) is 26.0 Å². The number of anilines is 1. The van der Waals surface area contributed by atoms with Crippen LogP contribution in [0.2, 0.25) is 0 Å². The molecule has 0 heterocycles. The average molecular weight is 220 g/mol. The van der Waals surface area contributed by atoms with E-state index in [0.717, 1.165) is 12.2 Å². The maximum Gasteiger partial charge on any atom is 0.193 e. The molecular weight excluding hydrogens is 200 g/mol. The van der Waals surface area contributed by atoms with E-state index in [1.165, 1.54) is 5.56 Å². The molecule has 4 nitrogen and oxygen atoms in total. The fourth-order valence-corrected chi connectivity index (χ4v) is 1.47. The van der Waals surface area contributed by atoms with E-state index in [9.17, 15) is 0 Å². The molecule has 88 valence electrons. The van der Waals surface area contributed by atoms with Gasteiger partial charge in [-0.15, -0.1) is 0 Å². The summed E-state index contributed by atoms with van der Waals surface area (Å²) < 4.78 is 0. The Kier molecular flexibility index (Phi) is 4.79. The first-order chi connectivity index (χ1) is 7.61. The molecule has 0 amide bonds. The second-order valence-electron chi connectivity index (χ2n) is 3.92. The van der Waals surface area contributed by atoms with Crippen LogP contribution in [0.4, 0.5) is 5.69 Å². The molecule has 0 aromatic heterocycles. The standard InChI is InChI=1S/C12H20N4/c1-4-14-12(13)15-11-7-5-6-10(8-11)9-16(2)3/h5-8H,4,9H2,1-3H3,(H3,13,14,15). The fourth-order valence-electron chi connectivity index (χ4n) is 1.47. The molecule has 0 spiro atoms. The molecule has 0 atom stereocenters. The summed E-state index contributed by atoms with van der Waals surface area (Å²) in [6, 6.07) is 8.17. The quantitative estimate of drug-likeness (QED) is 0.597. The average Bonchev–Trinajstić information content (AvgIpc) is 2.17. The Morgan fingerprint density at radius 2 is 2.19 bits per heavy atom. The van der Waals surface area contributed by atoms with Gasteiger partial charge in [-0.25, -0.2) is 0 Å². The number of hydrogen-bond donors (Lipinski definition) is 2. The van der Waals surface area contributed by atoms with Crippen LogP contribution in [0.1, 0.15) is 12.5 Å². The van der Waals surface area contributed by atoms with Gasteiger partial charge in [-0.2, -0.15) is 0 Å².